The minimum atomic E-state index is -0.507. The van der Waals surface area contributed by atoms with Crippen LogP contribution in [0.3, 0.4) is 0 Å². The molecular weight excluding hydrogens is 420 g/mol. The Balaban J connectivity index is 1.55. The SMILES string of the molecule is Cn1nc(-c2ccc(NC(=O)Nc3cc(C(C)(C)C)no3)c(Cl)c2)c2c(N)ncnc21. The van der Waals surface area contributed by atoms with Crippen molar-refractivity contribution in [3.05, 3.63) is 41.3 Å². The highest BCUT2D eigenvalue weighted by Crippen LogP contribution is 2.33. The molecule has 4 aromatic rings. The number of nitrogens with one attached hydrogen (secondary N) is 2. The summed E-state index contributed by atoms with van der Waals surface area (Å²) in [6.45, 7) is 6.00. The summed E-state index contributed by atoms with van der Waals surface area (Å²) in [5.41, 5.74) is 8.92. The summed E-state index contributed by atoms with van der Waals surface area (Å²) in [4.78, 5) is 20.6. The molecule has 11 heteroatoms. The maximum Gasteiger partial charge on any atom is 0.326 e. The van der Waals surface area contributed by atoms with Crippen molar-refractivity contribution in [2.45, 2.75) is 26.2 Å². The summed E-state index contributed by atoms with van der Waals surface area (Å²) in [6.07, 6.45) is 1.39. The van der Waals surface area contributed by atoms with E-state index in [0.717, 1.165) is 5.69 Å². The molecule has 0 saturated heterocycles. The van der Waals surface area contributed by atoms with Gasteiger partial charge < -0.3 is 15.6 Å². The van der Waals surface area contributed by atoms with Crippen LogP contribution in [-0.2, 0) is 12.5 Å². The Labute approximate surface area is 182 Å². The molecule has 160 valence electrons. The zero-order valence-electron chi connectivity index (χ0n) is 17.4. The zero-order chi connectivity index (χ0) is 22.3. The lowest BCUT2D eigenvalue weighted by atomic mass is 9.92. The summed E-state index contributed by atoms with van der Waals surface area (Å²) in [5.74, 6) is 0.568. The van der Waals surface area contributed by atoms with E-state index in [9.17, 15) is 4.79 Å². The highest BCUT2D eigenvalue weighted by atomic mass is 35.5. The Morgan fingerprint density at radius 3 is 2.65 bits per heavy atom. The van der Waals surface area contributed by atoms with Crippen molar-refractivity contribution in [2.75, 3.05) is 16.4 Å². The first-order valence-electron chi connectivity index (χ1n) is 9.42. The average Bonchev–Trinajstić information content (AvgIpc) is 3.29. The summed E-state index contributed by atoms with van der Waals surface area (Å²) < 4.78 is 6.80. The second-order valence-electron chi connectivity index (χ2n) is 8.03. The Kier molecular flexibility index (Phi) is 5.02. The van der Waals surface area contributed by atoms with Gasteiger partial charge in [0.05, 0.1) is 21.8 Å². The molecule has 4 rings (SSSR count). The minimum Gasteiger partial charge on any atom is -0.383 e. The molecule has 0 aliphatic rings. The summed E-state index contributed by atoms with van der Waals surface area (Å²) in [5, 5.41) is 14.7. The molecule has 0 unspecified atom stereocenters. The number of fused-ring (bicyclic) bond motifs is 1. The molecule has 0 aliphatic carbocycles. The lowest BCUT2D eigenvalue weighted by Crippen LogP contribution is -2.19. The fourth-order valence-corrected chi connectivity index (χ4v) is 3.26. The number of halogens is 1. The number of nitrogen functional groups attached to an aromatic ring is 1. The molecule has 0 atom stereocenters. The maximum atomic E-state index is 12.4. The fourth-order valence-electron chi connectivity index (χ4n) is 3.03. The molecule has 0 fully saturated rings. The van der Waals surface area contributed by atoms with Gasteiger partial charge in [-0.3, -0.25) is 5.32 Å². The number of carbonyl (C=O) groups excluding carboxylic acids is 1. The van der Waals surface area contributed by atoms with Crippen molar-refractivity contribution in [1.82, 2.24) is 24.9 Å². The number of carbonyl (C=O) groups is 1. The number of hydrogen-bond acceptors (Lipinski definition) is 7. The monoisotopic (exact) mass is 440 g/mol. The zero-order valence-corrected chi connectivity index (χ0v) is 18.2. The van der Waals surface area contributed by atoms with Gasteiger partial charge in [-0.05, 0) is 12.1 Å². The topological polar surface area (TPSA) is 137 Å². The van der Waals surface area contributed by atoms with Crippen molar-refractivity contribution < 1.29 is 9.32 Å². The number of anilines is 3. The Morgan fingerprint density at radius 1 is 1.19 bits per heavy atom. The van der Waals surface area contributed by atoms with E-state index < -0.39 is 6.03 Å². The van der Waals surface area contributed by atoms with E-state index in [4.69, 9.17) is 21.9 Å². The fraction of sp³-hybridized carbons (Fsp3) is 0.250. The van der Waals surface area contributed by atoms with Crippen LogP contribution in [0.4, 0.5) is 22.2 Å². The van der Waals surface area contributed by atoms with Gasteiger partial charge in [-0.25, -0.2) is 19.4 Å². The summed E-state index contributed by atoms with van der Waals surface area (Å²) in [6, 6.07) is 6.33. The predicted molar refractivity (Wildman–Crippen MR) is 119 cm³/mol. The first-order valence-corrected chi connectivity index (χ1v) is 9.79. The van der Waals surface area contributed by atoms with Gasteiger partial charge in [-0.2, -0.15) is 5.10 Å². The molecule has 0 saturated carbocycles. The second kappa shape index (κ2) is 7.55. The van der Waals surface area contributed by atoms with Gasteiger partial charge in [0, 0.05) is 24.1 Å². The number of nitrogens with zero attached hydrogens (tertiary/aromatic N) is 5. The van der Waals surface area contributed by atoms with Crippen molar-refractivity contribution in [3.63, 3.8) is 0 Å². The number of amides is 2. The summed E-state index contributed by atoms with van der Waals surface area (Å²) >= 11 is 6.41. The second-order valence-corrected chi connectivity index (χ2v) is 8.44. The number of aryl methyl sites for hydroxylation is 1. The third-order valence-corrected chi connectivity index (χ3v) is 4.97. The van der Waals surface area contributed by atoms with Gasteiger partial charge in [0.2, 0.25) is 5.88 Å². The van der Waals surface area contributed by atoms with Crippen LogP contribution in [0.1, 0.15) is 26.5 Å². The van der Waals surface area contributed by atoms with Crippen LogP contribution in [-0.4, -0.2) is 30.9 Å². The quantitative estimate of drug-likeness (QED) is 0.434. The van der Waals surface area contributed by atoms with Crippen LogP contribution in [0, 0.1) is 0 Å². The minimum absolute atomic E-state index is 0.191. The standard InChI is InChI=1S/C20H21ClN8O2/c1-20(2,3)13-8-14(31-28-13)26-19(30)25-12-6-5-10(7-11(12)21)16-15-17(22)23-9-24-18(15)29(4)27-16/h5-9H,1-4H3,(H2,22,23,24)(H2,25,26,30). The van der Waals surface area contributed by atoms with Gasteiger partial charge in [-0.1, -0.05) is 43.6 Å². The van der Waals surface area contributed by atoms with Crippen LogP contribution in [0.25, 0.3) is 22.3 Å². The largest absolute Gasteiger partial charge is 0.383 e. The van der Waals surface area contributed by atoms with E-state index in [-0.39, 0.29) is 11.3 Å². The van der Waals surface area contributed by atoms with E-state index in [1.54, 1.807) is 36.0 Å². The normalized spacial score (nSPS) is 11.6. The number of benzene rings is 1. The van der Waals surface area contributed by atoms with Crippen molar-refractivity contribution in [1.29, 1.82) is 0 Å². The van der Waals surface area contributed by atoms with Crippen molar-refractivity contribution in [2.24, 2.45) is 7.05 Å². The van der Waals surface area contributed by atoms with Crippen LogP contribution >= 0.6 is 11.6 Å². The van der Waals surface area contributed by atoms with Crippen LogP contribution in [0.5, 0.6) is 0 Å². The maximum absolute atomic E-state index is 12.4. The Bertz CT molecular complexity index is 1290. The van der Waals surface area contributed by atoms with E-state index in [2.05, 4.69) is 30.9 Å². The van der Waals surface area contributed by atoms with Gasteiger partial charge in [0.15, 0.2) is 5.65 Å². The molecule has 2 amide bonds. The van der Waals surface area contributed by atoms with E-state index in [1.165, 1.54) is 6.33 Å². The van der Waals surface area contributed by atoms with E-state index in [0.29, 0.717) is 38.8 Å². The molecule has 31 heavy (non-hydrogen) atoms. The average molecular weight is 441 g/mol. The molecule has 1 aromatic carbocycles. The third kappa shape index (κ3) is 4.02. The highest BCUT2D eigenvalue weighted by molar-refractivity contribution is 6.34. The molecule has 0 bridgehead atoms. The lowest BCUT2D eigenvalue weighted by Gasteiger charge is -2.12. The molecule has 3 heterocycles. The molecule has 4 N–H and O–H groups in total. The predicted octanol–water partition coefficient (Wildman–Crippen LogP) is 4.20. The molecule has 0 radical (unpaired) electrons. The molecule has 10 nitrogen and oxygen atoms in total. The Hall–Kier alpha value is -3.66. The van der Waals surface area contributed by atoms with Crippen LogP contribution in [0.15, 0.2) is 35.1 Å². The van der Waals surface area contributed by atoms with Gasteiger partial charge in [0.1, 0.15) is 17.8 Å². The number of urea groups is 1. The highest BCUT2D eigenvalue weighted by Gasteiger charge is 2.20. The van der Waals surface area contributed by atoms with Crippen molar-refractivity contribution >= 4 is 46.1 Å². The van der Waals surface area contributed by atoms with E-state index in [1.807, 2.05) is 20.8 Å². The number of aromatic nitrogens is 5. The molecule has 0 aliphatic heterocycles. The number of nitrogens with two attached hydrogens (primary N) is 1. The first kappa shape index (κ1) is 20.6. The summed E-state index contributed by atoms with van der Waals surface area (Å²) in [7, 11) is 1.77. The molecular formula is C20H21ClN8O2. The molecule has 0 spiro atoms. The Morgan fingerprint density at radius 2 is 1.97 bits per heavy atom. The van der Waals surface area contributed by atoms with E-state index >= 15 is 0 Å². The lowest BCUT2D eigenvalue weighted by molar-refractivity contribution is 0.261. The number of hydrogen-bond donors (Lipinski definition) is 3. The van der Waals surface area contributed by atoms with Crippen molar-refractivity contribution in [3.8, 4) is 11.3 Å². The number of rotatable bonds is 3. The molecule has 3 aromatic heterocycles. The van der Waals surface area contributed by atoms with Gasteiger partial charge >= 0.3 is 6.03 Å². The smallest absolute Gasteiger partial charge is 0.326 e. The van der Waals surface area contributed by atoms with Crippen LogP contribution < -0.4 is 16.4 Å². The third-order valence-electron chi connectivity index (χ3n) is 4.66. The first-order chi connectivity index (χ1) is 14.6. The van der Waals surface area contributed by atoms with Gasteiger partial charge in [0.25, 0.3) is 0 Å². The van der Waals surface area contributed by atoms with Gasteiger partial charge in [-0.15, -0.1) is 0 Å². The van der Waals surface area contributed by atoms with Crippen LogP contribution in [0.2, 0.25) is 5.02 Å².